The zero-order chi connectivity index (χ0) is 11.5. The third kappa shape index (κ3) is 2.48. The lowest BCUT2D eigenvalue weighted by Gasteiger charge is -2.08. The molecule has 0 saturated carbocycles. The summed E-state index contributed by atoms with van der Waals surface area (Å²) in [6, 6.07) is 12.3. The van der Waals surface area contributed by atoms with Crippen LogP contribution in [-0.2, 0) is 6.42 Å². The standard InChI is InChI=1S/C14H15ClO/c1-10-8-13(11(2)16-10)14(15)9-12-6-4-3-5-7-12/h3-8,14H,9H2,1-2H3. The number of hydrogen-bond donors (Lipinski definition) is 0. The van der Waals surface area contributed by atoms with Crippen molar-refractivity contribution in [2.24, 2.45) is 0 Å². The van der Waals surface area contributed by atoms with Gasteiger partial charge in [-0.3, -0.25) is 0 Å². The van der Waals surface area contributed by atoms with E-state index >= 15 is 0 Å². The molecular formula is C14H15ClO. The van der Waals surface area contributed by atoms with Crippen molar-refractivity contribution in [1.82, 2.24) is 0 Å². The topological polar surface area (TPSA) is 13.1 Å². The van der Waals surface area contributed by atoms with Crippen LogP contribution >= 0.6 is 11.6 Å². The highest BCUT2D eigenvalue weighted by Crippen LogP contribution is 2.29. The summed E-state index contributed by atoms with van der Waals surface area (Å²) in [6.07, 6.45) is 0.836. The molecule has 2 heteroatoms. The van der Waals surface area contributed by atoms with E-state index in [-0.39, 0.29) is 5.38 Å². The third-order valence-electron chi connectivity index (χ3n) is 2.67. The molecule has 0 bridgehead atoms. The molecule has 2 rings (SSSR count). The van der Waals surface area contributed by atoms with Gasteiger partial charge in [-0.15, -0.1) is 11.6 Å². The second-order valence-electron chi connectivity index (χ2n) is 4.03. The Morgan fingerprint density at radius 3 is 2.44 bits per heavy atom. The second-order valence-corrected chi connectivity index (χ2v) is 4.55. The van der Waals surface area contributed by atoms with Crippen LogP contribution in [0.5, 0.6) is 0 Å². The summed E-state index contributed by atoms with van der Waals surface area (Å²) in [6.45, 7) is 3.91. The molecule has 0 aliphatic heterocycles. The van der Waals surface area contributed by atoms with Gasteiger partial charge in [-0.1, -0.05) is 30.3 Å². The van der Waals surface area contributed by atoms with E-state index in [0.29, 0.717) is 0 Å². The highest BCUT2D eigenvalue weighted by atomic mass is 35.5. The summed E-state index contributed by atoms with van der Waals surface area (Å²) in [7, 11) is 0. The molecule has 84 valence electrons. The van der Waals surface area contributed by atoms with Gasteiger partial charge in [-0.2, -0.15) is 0 Å². The van der Waals surface area contributed by atoms with Crippen molar-refractivity contribution >= 4 is 11.6 Å². The van der Waals surface area contributed by atoms with Gasteiger partial charge < -0.3 is 4.42 Å². The first-order valence-electron chi connectivity index (χ1n) is 5.41. The first-order valence-corrected chi connectivity index (χ1v) is 5.85. The second kappa shape index (κ2) is 4.75. The van der Waals surface area contributed by atoms with E-state index in [1.165, 1.54) is 5.56 Å². The van der Waals surface area contributed by atoms with Crippen molar-refractivity contribution in [3.63, 3.8) is 0 Å². The van der Waals surface area contributed by atoms with Crippen molar-refractivity contribution in [3.8, 4) is 0 Å². The number of furan rings is 1. The molecular weight excluding hydrogens is 220 g/mol. The average Bonchev–Trinajstić information content (AvgIpc) is 2.59. The monoisotopic (exact) mass is 234 g/mol. The summed E-state index contributed by atoms with van der Waals surface area (Å²) in [5.74, 6) is 1.85. The van der Waals surface area contributed by atoms with Crippen LogP contribution in [0.4, 0.5) is 0 Å². The maximum Gasteiger partial charge on any atom is 0.105 e. The first-order chi connectivity index (χ1) is 7.66. The molecule has 0 radical (unpaired) electrons. The van der Waals surface area contributed by atoms with Crippen molar-refractivity contribution in [3.05, 3.63) is 59.0 Å². The Morgan fingerprint density at radius 1 is 1.19 bits per heavy atom. The summed E-state index contributed by atoms with van der Waals surface area (Å²) < 4.78 is 5.49. The molecule has 0 spiro atoms. The molecule has 1 nitrogen and oxygen atoms in total. The lowest BCUT2D eigenvalue weighted by Crippen LogP contribution is -1.95. The number of benzene rings is 1. The molecule has 1 unspecified atom stereocenters. The van der Waals surface area contributed by atoms with Gasteiger partial charge >= 0.3 is 0 Å². The Hall–Kier alpha value is -1.21. The SMILES string of the molecule is Cc1cc(C(Cl)Cc2ccccc2)c(C)o1. The zero-order valence-corrected chi connectivity index (χ0v) is 10.3. The Balaban J connectivity index is 2.14. The Bertz CT molecular complexity index is 459. The van der Waals surface area contributed by atoms with Gasteiger partial charge in [0, 0.05) is 5.56 Å². The van der Waals surface area contributed by atoms with Crippen molar-refractivity contribution in [2.45, 2.75) is 25.6 Å². The molecule has 1 aromatic heterocycles. The first kappa shape index (κ1) is 11.3. The highest BCUT2D eigenvalue weighted by Gasteiger charge is 2.14. The van der Waals surface area contributed by atoms with Gasteiger partial charge in [0.1, 0.15) is 11.5 Å². The molecule has 1 heterocycles. The summed E-state index contributed by atoms with van der Waals surface area (Å²) in [5, 5.41) is -0.0140. The fraction of sp³-hybridized carbons (Fsp3) is 0.286. The van der Waals surface area contributed by atoms with Crippen LogP contribution in [0.25, 0.3) is 0 Å². The molecule has 1 atom stereocenters. The number of aryl methyl sites for hydroxylation is 2. The Labute approximate surface area is 101 Å². The van der Waals surface area contributed by atoms with Crippen LogP contribution in [0.2, 0.25) is 0 Å². The number of rotatable bonds is 3. The molecule has 0 amide bonds. The predicted molar refractivity (Wildman–Crippen MR) is 66.9 cm³/mol. The zero-order valence-electron chi connectivity index (χ0n) is 9.53. The largest absolute Gasteiger partial charge is 0.466 e. The van der Waals surface area contributed by atoms with Gasteiger partial charge in [-0.25, -0.2) is 0 Å². The van der Waals surface area contributed by atoms with Crippen LogP contribution < -0.4 is 0 Å². The molecule has 16 heavy (non-hydrogen) atoms. The van der Waals surface area contributed by atoms with E-state index in [1.807, 2.05) is 38.1 Å². The van der Waals surface area contributed by atoms with Crippen molar-refractivity contribution in [2.75, 3.05) is 0 Å². The summed E-state index contributed by atoms with van der Waals surface area (Å²) in [4.78, 5) is 0. The number of hydrogen-bond acceptors (Lipinski definition) is 1. The summed E-state index contributed by atoms with van der Waals surface area (Å²) >= 11 is 6.40. The van der Waals surface area contributed by atoms with Gasteiger partial charge in [0.15, 0.2) is 0 Å². The minimum atomic E-state index is -0.0140. The lowest BCUT2D eigenvalue weighted by atomic mass is 10.0. The number of halogens is 1. The van der Waals surface area contributed by atoms with Crippen LogP contribution in [-0.4, -0.2) is 0 Å². The minimum absolute atomic E-state index is 0.0140. The van der Waals surface area contributed by atoms with Gasteiger partial charge in [0.25, 0.3) is 0 Å². The molecule has 0 N–H and O–H groups in total. The van der Waals surface area contributed by atoms with E-state index in [4.69, 9.17) is 16.0 Å². The summed E-state index contributed by atoms with van der Waals surface area (Å²) in [5.41, 5.74) is 2.35. The van der Waals surface area contributed by atoms with E-state index in [0.717, 1.165) is 23.5 Å². The fourth-order valence-electron chi connectivity index (χ4n) is 1.89. The van der Waals surface area contributed by atoms with Crippen LogP contribution in [0.15, 0.2) is 40.8 Å². The van der Waals surface area contributed by atoms with Gasteiger partial charge in [0.05, 0.1) is 5.38 Å². The van der Waals surface area contributed by atoms with Crippen molar-refractivity contribution in [1.29, 1.82) is 0 Å². The number of alkyl halides is 1. The predicted octanol–water partition coefficient (Wildman–Crippen LogP) is 4.42. The van der Waals surface area contributed by atoms with Crippen molar-refractivity contribution < 1.29 is 4.42 Å². The van der Waals surface area contributed by atoms with E-state index in [9.17, 15) is 0 Å². The van der Waals surface area contributed by atoms with E-state index in [2.05, 4.69) is 12.1 Å². The average molecular weight is 235 g/mol. The molecule has 1 aromatic carbocycles. The van der Waals surface area contributed by atoms with Crippen LogP contribution in [0.3, 0.4) is 0 Å². The molecule has 0 aliphatic rings. The molecule has 0 aliphatic carbocycles. The maximum absolute atomic E-state index is 6.40. The Morgan fingerprint density at radius 2 is 1.88 bits per heavy atom. The molecule has 0 saturated heterocycles. The quantitative estimate of drug-likeness (QED) is 0.717. The normalized spacial score (nSPS) is 12.7. The highest BCUT2D eigenvalue weighted by molar-refractivity contribution is 6.21. The van der Waals surface area contributed by atoms with Crippen LogP contribution in [0.1, 0.15) is 28.0 Å². The van der Waals surface area contributed by atoms with E-state index < -0.39 is 0 Å². The molecule has 2 aromatic rings. The molecule has 0 fully saturated rings. The lowest BCUT2D eigenvalue weighted by molar-refractivity contribution is 0.500. The maximum atomic E-state index is 6.40. The third-order valence-corrected chi connectivity index (χ3v) is 3.06. The minimum Gasteiger partial charge on any atom is -0.466 e. The Kier molecular flexibility index (Phi) is 3.35. The van der Waals surface area contributed by atoms with Gasteiger partial charge in [0.2, 0.25) is 0 Å². The van der Waals surface area contributed by atoms with E-state index in [1.54, 1.807) is 0 Å². The smallest absolute Gasteiger partial charge is 0.105 e. The fourth-order valence-corrected chi connectivity index (χ4v) is 2.29. The van der Waals surface area contributed by atoms with Gasteiger partial charge in [-0.05, 0) is 31.9 Å². The van der Waals surface area contributed by atoms with Crippen LogP contribution in [0, 0.1) is 13.8 Å².